The van der Waals surface area contributed by atoms with Gasteiger partial charge in [-0.1, -0.05) is 8.58 Å². The van der Waals surface area contributed by atoms with E-state index in [0.717, 1.165) is 0 Å². The lowest BCUT2D eigenvalue weighted by molar-refractivity contribution is -0.202. The Morgan fingerprint density at radius 1 is 1.07 bits per heavy atom. The van der Waals surface area contributed by atoms with Gasteiger partial charge in [0.15, 0.2) is 46.5 Å². The van der Waals surface area contributed by atoms with Crippen molar-refractivity contribution in [2.45, 2.75) is 55.0 Å². The van der Waals surface area contributed by atoms with Gasteiger partial charge in [0.2, 0.25) is 5.95 Å². The number of anilines is 1. The minimum atomic E-state index is -1.73. The maximum absolute atomic E-state index is 15.7. The van der Waals surface area contributed by atoms with Crippen molar-refractivity contribution in [3.8, 4) is 0 Å². The molecule has 3 unspecified atom stereocenters. The number of nitrogens with two attached hydrogens (primary N) is 1. The molecular weight excluding hydrogens is 568 g/mol. The summed E-state index contributed by atoms with van der Waals surface area (Å²) in [6, 6.07) is 0. The summed E-state index contributed by atoms with van der Waals surface area (Å²) < 4.78 is 35.9. The van der Waals surface area contributed by atoms with Gasteiger partial charge in [0, 0.05) is 12.3 Å². The molecule has 0 aromatic carbocycles. The van der Waals surface area contributed by atoms with Gasteiger partial charge in [0.25, 0.3) is 11.1 Å². The molecule has 0 aliphatic carbocycles. The monoisotopic (exact) mass is 593 g/mol. The van der Waals surface area contributed by atoms with E-state index >= 15 is 4.39 Å². The lowest BCUT2D eigenvalue weighted by Crippen LogP contribution is -2.45. The molecule has 0 bridgehead atoms. The summed E-state index contributed by atoms with van der Waals surface area (Å²) in [4.78, 5) is 45.0. The molecule has 0 radical (unpaired) electrons. The number of rotatable bonds is 5. The normalized spacial score (nSPS) is 35.7. The molecule has 10 atom stereocenters. The highest BCUT2D eigenvalue weighted by Crippen LogP contribution is 2.50. The van der Waals surface area contributed by atoms with E-state index in [1.54, 1.807) is 0 Å². The Hall–Kier alpha value is -3.38. The number of alkyl halides is 1. The van der Waals surface area contributed by atoms with E-state index in [2.05, 4.69) is 29.9 Å². The number of aliphatic hydroxyl groups excluding tert-OH is 2. The number of aromatic nitrogens is 8. The fourth-order valence-corrected chi connectivity index (χ4v) is 7.11. The molecule has 3 aliphatic rings. The average Bonchev–Trinajstić information content (AvgIpc) is 3.69. The highest BCUT2D eigenvalue weighted by atomic mass is 31.1. The van der Waals surface area contributed by atoms with E-state index in [1.165, 1.54) is 28.1 Å². The SMILES string of the molecule is Nc1nc2c(ncn2[C@@H]2OC(CPC3(O)C[C@H]4[C@H](F)[C@H](n5cnc6c(=O)[nH]cnc65)O[C@@H]4CO3)[C@@H](O)[C@H]2O)c(=O)[nH]1. The molecule has 7 rings (SSSR count). The Balaban J connectivity index is 1.04. The minimum absolute atomic E-state index is 0.0154. The standard InChI is InChI=1S/C22H25FN9O8P/c23-10-7-1-22(37,38-2-8(7)39-19(10)31-5-27-11-15(31)25-4-26-17(11)35)41-3-9-13(33)14(34)20(40-9)32-6-28-12-16(32)29-21(24)30-18(12)36/h4-10,13-14,19-20,33-34,37,41H,1-3H2,(H,25,26,35)(H3,24,29,30,36)/t7-,8-,9?,10+,13-,14-,19-,20-,22?/m1/s1. The molecule has 0 spiro atoms. The molecule has 4 aromatic rings. The molecule has 3 fully saturated rings. The molecule has 4 aromatic heterocycles. The maximum atomic E-state index is 15.7. The second-order valence-electron chi connectivity index (χ2n) is 10.2. The highest BCUT2D eigenvalue weighted by molar-refractivity contribution is 7.39. The minimum Gasteiger partial charge on any atom is -0.388 e. The van der Waals surface area contributed by atoms with Crippen LogP contribution in [0.4, 0.5) is 10.3 Å². The number of H-pyrrole nitrogens is 2. The Bertz CT molecular complexity index is 1750. The smallest absolute Gasteiger partial charge is 0.280 e. The number of fused-ring (bicyclic) bond motifs is 3. The zero-order valence-corrected chi connectivity index (χ0v) is 22.0. The van der Waals surface area contributed by atoms with Crippen molar-refractivity contribution in [3.63, 3.8) is 0 Å². The van der Waals surface area contributed by atoms with Crippen LogP contribution < -0.4 is 16.9 Å². The molecule has 0 saturated carbocycles. The van der Waals surface area contributed by atoms with Crippen molar-refractivity contribution in [2.75, 3.05) is 18.5 Å². The van der Waals surface area contributed by atoms with Gasteiger partial charge in [0.05, 0.1) is 37.8 Å². The van der Waals surface area contributed by atoms with E-state index in [9.17, 15) is 24.9 Å². The topological polar surface area (TPSA) is 242 Å². The van der Waals surface area contributed by atoms with Crippen LogP contribution in [0.3, 0.4) is 0 Å². The number of nitrogen functional groups attached to an aromatic ring is 1. The van der Waals surface area contributed by atoms with Crippen LogP contribution in [0.25, 0.3) is 22.3 Å². The summed E-state index contributed by atoms with van der Waals surface area (Å²) in [6.45, 7) is -0.0896. The molecule has 7 N–H and O–H groups in total. The van der Waals surface area contributed by atoms with Gasteiger partial charge in [-0.2, -0.15) is 4.98 Å². The van der Waals surface area contributed by atoms with Crippen LogP contribution in [0, 0.1) is 5.92 Å². The second kappa shape index (κ2) is 9.59. The Kier molecular flexibility index (Phi) is 6.20. The zero-order chi connectivity index (χ0) is 28.6. The van der Waals surface area contributed by atoms with E-state index in [1.807, 2.05) is 0 Å². The second-order valence-corrected chi connectivity index (χ2v) is 11.8. The first kappa shape index (κ1) is 26.5. The van der Waals surface area contributed by atoms with Crippen LogP contribution in [0.5, 0.6) is 0 Å². The first-order chi connectivity index (χ1) is 19.6. The van der Waals surface area contributed by atoms with Crippen LogP contribution in [0.15, 0.2) is 28.6 Å². The number of nitrogens with zero attached hydrogens (tertiary/aromatic N) is 6. The lowest BCUT2D eigenvalue weighted by Gasteiger charge is -2.38. The van der Waals surface area contributed by atoms with Crippen molar-refractivity contribution in [1.82, 2.24) is 39.0 Å². The summed E-state index contributed by atoms with van der Waals surface area (Å²) in [5, 5.41) is 32.7. The molecule has 0 amide bonds. The largest absolute Gasteiger partial charge is 0.388 e. The Morgan fingerprint density at radius 3 is 2.59 bits per heavy atom. The summed E-state index contributed by atoms with van der Waals surface area (Å²) in [6.07, 6.45) is -4.41. The quantitative estimate of drug-likeness (QED) is 0.138. The number of ether oxygens (including phenoxy) is 3. The number of nitrogens with one attached hydrogen (secondary N) is 2. The van der Waals surface area contributed by atoms with Crippen LogP contribution in [-0.2, 0) is 14.2 Å². The predicted molar refractivity (Wildman–Crippen MR) is 138 cm³/mol. The van der Waals surface area contributed by atoms with Gasteiger partial charge in [-0.05, 0) is 6.16 Å². The van der Waals surface area contributed by atoms with E-state index in [0.29, 0.717) is 0 Å². The fourth-order valence-electron chi connectivity index (χ4n) is 5.69. The predicted octanol–water partition coefficient (Wildman–Crippen LogP) is -1.95. The molecule has 19 heteroatoms. The number of imidazole rings is 2. The van der Waals surface area contributed by atoms with Crippen LogP contribution in [0.1, 0.15) is 18.9 Å². The van der Waals surface area contributed by atoms with Gasteiger partial charge in [-0.15, -0.1) is 0 Å². The molecular formula is C22H25FN9O8P. The van der Waals surface area contributed by atoms with E-state index < -0.39 is 65.6 Å². The highest BCUT2D eigenvalue weighted by Gasteiger charge is 2.54. The molecule has 41 heavy (non-hydrogen) atoms. The third-order valence-corrected chi connectivity index (χ3v) is 9.26. The summed E-state index contributed by atoms with van der Waals surface area (Å²) >= 11 is 0. The Labute approximate surface area is 229 Å². The molecule has 3 aliphatic heterocycles. The Morgan fingerprint density at radius 2 is 1.80 bits per heavy atom. The molecule has 3 saturated heterocycles. The van der Waals surface area contributed by atoms with Crippen LogP contribution in [-0.4, -0.2) is 103 Å². The van der Waals surface area contributed by atoms with Crippen molar-refractivity contribution in [1.29, 1.82) is 0 Å². The van der Waals surface area contributed by atoms with Gasteiger partial charge in [0.1, 0.15) is 12.2 Å². The zero-order valence-electron chi connectivity index (χ0n) is 21.0. The number of hydrogen-bond acceptors (Lipinski definition) is 13. The third-order valence-electron chi connectivity index (χ3n) is 7.75. The number of halogens is 1. The lowest BCUT2D eigenvalue weighted by atomic mass is 9.93. The molecule has 17 nitrogen and oxygen atoms in total. The maximum Gasteiger partial charge on any atom is 0.280 e. The van der Waals surface area contributed by atoms with Crippen LogP contribution in [0.2, 0.25) is 0 Å². The molecule has 218 valence electrons. The number of aromatic amines is 2. The first-order valence-corrected chi connectivity index (χ1v) is 13.9. The first-order valence-electron chi connectivity index (χ1n) is 12.7. The van der Waals surface area contributed by atoms with Gasteiger partial charge < -0.3 is 40.2 Å². The molecule has 7 heterocycles. The van der Waals surface area contributed by atoms with E-state index in [4.69, 9.17) is 19.9 Å². The summed E-state index contributed by atoms with van der Waals surface area (Å²) in [5.74, 6) is -0.883. The third kappa shape index (κ3) is 4.25. The van der Waals surface area contributed by atoms with E-state index in [-0.39, 0.29) is 56.0 Å². The average molecular weight is 593 g/mol. The van der Waals surface area contributed by atoms with Crippen molar-refractivity contribution in [3.05, 3.63) is 39.7 Å². The summed E-state index contributed by atoms with van der Waals surface area (Å²) in [7, 11) is -0.358. The van der Waals surface area contributed by atoms with Crippen molar-refractivity contribution < 1.29 is 33.9 Å². The fraction of sp³-hybridized carbons (Fsp3) is 0.545. The summed E-state index contributed by atoms with van der Waals surface area (Å²) in [5.41, 5.74) is 3.17. The number of aliphatic hydroxyl groups is 3. The van der Waals surface area contributed by atoms with Gasteiger partial charge in [-0.3, -0.25) is 23.7 Å². The van der Waals surface area contributed by atoms with Gasteiger partial charge >= 0.3 is 0 Å². The van der Waals surface area contributed by atoms with Crippen LogP contribution >= 0.6 is 8.58 Å². The van der Waals surface area contributed by atoms with Crippen molar-refractivity contribution in [2.24, 2.45) is 5.92 Å². The van der Waals surface area contributed by atoms with Crippen molar-refractivity contribution >= 4 is 36.9 Å². The number of hydrogen-bond donors (Lipinski definition) is 6. The van der Waals surface area contributed by atoms with Gasteiger partial charge in [-0.25, -0.2) is 19.3 Å².